The number of hydrogen-bond acceptors (Lipinski definition) is 5. The van der Waals surface area contributed by atoms with Crippen LogP contribution in [0.5, 0.6) is 11.5 Å². The predicted molar refractivity (Wildman–Crippen MR) is 114 cm³/mol. The molecule has 9 heteroatoms. The quantitative estimate of drug-likeness (QED) is 0.504. The number of ether oxygens (including phenoxy) is 2. The molecule has 1 heterocycles. The van der Waals surface area contributed by atoms with E-state index in [1.807, 2.05) is 5.38 Å². The third-order valence-electron chi connectivity index (χ3n) is 4.27. The van der Waals surface area contributed by atoms with Crippen LogP contribution in [-0.2, 0) is 6.42 Å². The molecule has 0 atom stereocenters. The highest BCUT2D eigenvalue weighted by atomic mass is 32.1. The molecule has 0 saturated heterocycles. The summed E-state index contributed by atoms with van der Waals surface area (Å²) in [7, 11) is 1.37. The van der Waals surface area contributed by atoms with Crippen LogP contribution >= 0.6 is 11.3 Å². The van der Waals surface area contributed by atoms with E-state index in [0.29, 0.717) is 28.1 Å². The molecular weight excluding hydrogens is 426 g/mol. The summed E-state index contributed by atoms with van der Waals surface area (Å²) in [5.74, 6) is -0.413. The van der Waals surface area contributed by atoms with Gasteiger partial charge in [-0.25, -0.2) is 0 Å². The van der Waals surface area contributed by atoms with E-state index in [2.05, 4.69) is 15.4 Å². The Labute approximate surface area is 181 Å². The van der Waals surface area contributed by atoms with Crippen molar-refractivity contribution >= 4 is 28.8 Å². The van der Waals surface area contributed by atoms with Crippen LogP contribution in [0.2, 0.25) is 0 Å². The maximum Gasteiger partial charge on any atom is 0.387 e. The number of amides is 2. The molecule has 0 spiro atoms. The average molecular weight is 446 g/mol. The highest BCUT2D eigenvalue weighted by Gasteiger charge is 2.12. The molecule has 0 radical (unpaired) electrons. The minimum absolute atomic E-state index is 0.0597. The van der Waals surface area contributed by atoms with Gasteiger partial charge in [-0.15, -0.1) is 11.3 Å². The van der Waals surface area contributed by atoms with Crippen LogP contribution in [0.4, 0.5) is 14.5 Å². The van der Waals surface area contributed by atoms with Crippen LogP contribution in [0, 0.1) is 0 Å². The van der Waals surface area contributed by atoms with Gasteiger partial charge in [0, 0.05) is 17.8 Å². The number of hydrogen-bond donors (Lipinski definition) is 2. The second-order valence-corrected chi connectivity index (χ2v) is 7.33. The minimum atomic E-state index is -2.96. The first kappa shape index (κ1) is 22.2. The molecule has 0 saturated carbocycles. The molecule has 2 N–H and O–H groups in total. The summed E-state index contributed by atoms with van der Waals surface area (Å²) in [4.78, 5) is 25.2. The molecule has 0 bridgehead atoms. The van der Waals surface area contributed by atoms with E-state index >= 15 is 0 Å². The minimum Gasteiger partial charge on any atom is -0.493 e. The van der Waals surface area contributed by atoms with Crippen molar-refractivity contribution in [1.29, 1.82) is 0 Å². The predicted octanol–water partition coefficient (Wildman–Crippen LogP) is 4.58. The molecule has 3 aromatic rings. The van der Waals surface area contributed by atoms with Crippen LogP contribution in [0.15, 0.2) is 60.0 Å². The normalized spacial score (nSPS) is 10.6. The summed E-state index contributed by atoms with van der Waals surface area (Å²) in [6, 6.07) is 14.8. The molecule has 0 aliphatic heterocycles. The number of nitrogens with one attached hydrogen (secondary N) is 2. The van der Waals surface area contributed by atoms with Crippen LogP contribution in [0.25, 0.3) is 0 Å². The van der Waals surface area contributed by atoms with Gasteiger partial charge in [0.1, 0.15) is 0 Å². The molecule has 2 amide bonds. The third kappa shape index (κ3) is 6.26. The molecule has 0 aliphatic rings. The van der Waals surface area contributed by atoms with E-state index in [0.717, 1.165) is 0 Å². The number of anilines is 1. The largest absolute Gasteiger partial charge is 0.493 e. The molecule has 0 unspecified atom stereocenters. The first-order chi connectivity index (χ1) is 15.0. The summed E-state index contributed by atoms with van der Waals surface area (Å²) in [6.07, 6.45) is 0.407. The van der Waals surface area contributed by atoms with Crippen molar-refractivity contribution in [2.45, 2.75) is 13.0 Å². The Balaban J connectivity index is 1.57. The van der Waals surface area contributed by atoms with Crippen LogP contribution in [-0.4, -0.2) is 32.1 Å². The van der Waals surface area contributed by atoms with E-state index in [1.54, 1.807) is 42.5 Å². The number of rotatable bonds is 9. The number of carbonyl (C=O) groups excluding carboxylic acids is 2. The lowest BCUT2D eigenvalue weighted by molar-refractivity contribution is -0.0512. The lowest BCUT2D eigenvalue weighted by atomic mass is 10.1. The van der Waals surface area contributed by atoms with E-state index < -0.39 is 6.61 Å². The fourth-order valence-corrected chi connectivity index (χ4v) is 3.44. The van der Waals surface area contributed by atoms with Gasteiger partial charge in [0.25, 0.3) is 11.8 Å². The number of halogens is 2. The van der Waals surface area contributed by atoms with Gasteiger partial charge < -0.3 is 20.1 Å². The standard InChI is InChI=1S/C22H20F2N2O4S/c1-29-17-8-7-14(12-18(17)30-22(23)24)9-10-25-20(27)15-4-2-5-16(13-15)26-21(28)19-6-3-11-31-19/h2-8,11-13,22H,9-10H2,1H3,(H,25,27)(H,26,28). The van der Waals surface area contributed by atoms with Crippen LogP contribution in [0.1, 0.15) is 25.6 Å². The van der Waals surface area contributed by atoms with Gasteiger partial charge in [0.2, 0.25) is 0 Å². The Hall–Kier alpha value is -3.46. The Bertz CT molecular complexity index is 1040. The zero-order valence-electron chi connectivity index (χ0n) is 16.6. The second kappa shape index (κ2) is 10.5. The molecule has 2 aromatic carbocycles. The lowest BCUT2D eigenvalue weighted by Gasteiger charge is -2.12. The summed E-state index contributed by atoms with van der Waals surface area (Å²) in [5.41, 5.74) is 1.60. The summed E-state index contributed by atoms with van der Waals surface area (Å²) < 4.78 is 34.6. The summed E-state index contributed by atoms with van der Waals surface area (Å²) in [5, 5.41) is 7.34. The number of methoxy groups -OCH3 is 1. The first-order valence-electron chi connectivity index (χ1n) is 9.31. The van der Waals surface area contributed by atoms with E-state index in [9.17, 15) is 18.4 Å². The van der Waals surface area contributed by atoms with Crippen molar-refractivity contribution in [3.05, 3.63) is 76.0 Å². The Morgan fingerprint density at radius 3 is 2.58 bits per heavy atom. The fourth-order valence-electron chi connectivity index (χ4n) is 2.83. The molecule has 6 nitrogen and oxygen atoms in total. The Morgan fingerprint density at radius 1 is 1.03 bits per heavy atom. The smallest absolute Gasteiger partial charge is 0.387 e. The topological polar surface area (TPSA) is 76.7 Å². The molecule has 1 aromatic heterocycles. The zero-order chi connectivity index (χ0) is 22.2. The van der Waals surface area contributed by atoms with Gasteiger partial charge in [0.05, 0.1) is 12.0 Å². The lowest BCUT2D eigenvalue weighted by Crippen LogP contribution is -2.25. The van der Waals surface area contributed by atoms with E-state index in [4.69, 9.17) is 4.74 Å². The van der Waals surface area contributed by atoms with Gasteiger partial charge in [-0.2, -0.15) is 8.78 Å². The fraction of sp³-hybridized carbons (Fsp3) is 0.182. The van der Waals surface area contributed by atoms with Gasteiger partial charge in [-0.3, -0.25) is 9.59 Å². The highest BCUT2D eigenvalue weighted by Crippen LogP contribution is 2.29. The summed E-state index contributed by atoms with van der Waals surface area (Å²) in [6.45, 7) is -2.68. The Kier molecular flexibility index (Phi) is 7.55. The van der Waals surface area contributed by atoms with Crippen LogP contribution < -0.4 is 20.1 Å². The highest BCUT2D eigenvalue weighted by molar-refractivity contribution is 7.12. The number of thiophene rings is 1. The molecule has 162 valence electrons. The average Bonchev–Trinajstić information content (AvgIpc) is 3.29. The summed E-state index contributed by atoms with van der Waals surface area (Å²) >= 11 is 1.33. The number of alkyl halides is 2. The van der Waals surface area contributed by atoms with Crippen molar-refractivity contribution < 1.29 is 27.8 Å². The van der Waals surface area contributed by atoms with Crippen LogP contribution in [0.3, 0.4) is 0 Å². The number of benzene rings is 2. The number of carbonyl (C=O) groups is 2. The van der Waals surface area contributed by atoms with Crippen molar-refractivity contribution in [3.8, 4) is 11.5 Å². The van der Waals surface area contributed by atoms with Crippen molar-refractivity contribution in [3.63, 3.8) is 0 Å². The van der Waals surface area contributed by atoms with Crippen molar-refractivity contribution in [1.82, 2.24) is 5.32 Å². The molecule has 31 heavy (non-hydrogen) atoms. The van der Waals surface area contributed by atoms with Crippen molar-refractivity contribution in [2.24, 2.45) is 0 Å². The van der Waals surface area contributed by atoms with Crippen molar-refractivity contribution in [2.75, 3.05) is 19.0 Å². The second-order valence-electron chi connectivity index (χ2n) is 6.38. The maximum absolute atomic E-state index is 12.5. The van der Waals surface area contributed by atoms with Gasteiger partial charge >= 0.3 is 6.61 Å². The molecule has 3 rings (SSSR count). The zero-order valence-corrected chi connectivity index (χ0v) is 17.4. The van der Waals surface area contributed by atoms with Gasteiger partial charge in [0.15, 0.2) is 11.5 Å². The van der Waals surface area contributed by atoms with Gasteiger partial charge in [-0.05, 0) is 53.8 Å². The monoisotopic (exact) mass is 446 g/mol. The third-order valence-corrected chi connectivity index (χ3v) is 5.14. The Morgan fingerprint density at radius 2 is 1.87 bits per heavy atom. The van der Waals surface area contributed by atoms with E-state index in [-0.39, 0.29) is 29.9 Å². The molecular formula is C22H20F2N2O4S. The maximum atomic E-state index is 12.5. The van der Waals surface area contributed by atoms with E-state index in [1.165, 1.54) is 30.6 Å². The molecule has 0 fully saturated rings. The van der Waals surface area contributed by atoms with Gasteiger partial charge in [-0.1, -0.05) is 18.2 Å². The first-order valence-corrected chi connectivity index (χ1v) is 10.2. The SMILES string of the molecule is COc1ccc(CCNC(=O)c2cccc(NC(=O)c3cccs3)c2)cc1OC(F)F. The molecule has 0 aliphatic carbocycles.